The number of nitrogens with zero attached hydrogens (tertiary/aromatic N) is 1. The Bertz CT molecular complexity index is 491. The molecule has 1 amide bonds. The van der Waals surface area contributed by atoms with Crippen LogP contribution in [0.5, 0.6) is 0 Å². The number of hydrogen-bond acceptors (Lipinski definition) is 3. The maximum atomic E-state index is 12.2. The maximum absolute atomic E-state index is 12.2. The predicted molar refractivity (Wildman–Crippen MR) is 86.5 cm³/mol. The van der Waals surface area contributed by atoms with E-state index in [1.165, 1.54) is 18.4 Å². The standard InChI is InChI=1S/C18H26N2O2/c1-14-6-5-10-20(14)13-17(21)19-12-16-9-11-22-18(16)15-7-3-2-4-8-15/h2-4,7-8,14,16,18H,5-6,9-13H2,1H3,(H,19,21)/t14-,16-,18-/m1/s1. The molecule has 1 N–H and O–H groups in total. The highest BCUT2D eigenvalue weighted by Gasteiger charge is 2.30. The summed E-state index contributed by atoms with van der Waals surface area (Å²) in [5.74, 6) is 0.523. The van der Waals surface area contributed by atoms with Crippen LogP contribution in [0.25, 0.3) is 0 Å². The number of likely N-dealkylation sites (tertiary alicyclic amines) is 1. The first-order chi connectivity index (χ1) is 10.7. The van der Waals surface area contributed by atoms with Crippen LogP contribution in [0.1, 0.15) is 37.9 Å². The number of nitrogens with one attached hydrogen (secondary N) is 1. The molecule has 0 saturated carbocycles. The average molecular weight is 302 g/mol. The monoisotopic (exact) mass is 302 g/mol. The van der Waals surface area contributed by atoms with Gasteiger partial charge in [-0.1, -0.05) is 30.3 Å². The lowest BCUT2D eigenvalue weighted by molar-refractivity contribution is -0.122. The van der Waals surface area contributed by atoms with Gasteiger partial charge < -0.3 is 10.1 Å². The van der Waals surface area contributed by atoms with E-state index in [9.17, 15) is 4.79 Å². The van der Waals surface area contributed by atoms with E-state index in [4.69, 9.17) is 4.74 Å². The van der Waals surface area contributed by atoms with Gasteiger partial charge in [0.1, 0.15) is 0 Å². The molecule has 1 aromatic carbocycles. The Labute approximate surface area is 132 Å². The molecule has 3 atom stereocenters. The van der Waals surface area contributed by atoms with Gasteiger partial charge in [-0.05, 0) is 38.3 Å². The largest absolute Gasteiger partial charge is 0.373 e. The highest BCUT2D eigenvalue weighted by molar-refractivity contribution is 5.78. The molecule has 4 nitrogen and oxygen atoms in total. The van der Waals surface area contributed by atoms with Crippen LogP contribution in [-0.2, 0) is 9.53 Å². The number of carbonyl (C=O) groups is 1. The second-order valence-electron chi connectivity index (χ2n) is 6.52. The third-order valence-electron chi connectivity index (χ3n) is 4.94. The van der Waals surface area contributed by atoms with Gasteiger partial charge in [0.05, 0.1) is 12.6 Å². The van der Waals surface area contributed by atoms with Crippen LogP contribution in [0.4, 0.5) is 0 Å². The molecule has 0 aromatic heterocycles. The van der Waals surface area contributed by atoms with Gasteiger partial charge in [-0.15, -0.1) is 0 Å². The molecule has 0 spiro atoms. The van der Waals surface area contributed by atoms with Crippen LogP contribution in [0.2, 0.25) is 0 Å². The molecule has 0 aliphatic carbocycles. The maximum Gasteiger partial charge on any atom is 0.234 e. The molecule has 0 radical (unpaired) electrons. The summed E-state index contributed by atoms with van der Waals surface area (Å²) in [7, 11) is 0. The molecule has 0 unspecified atom stereocenters. The molecule has 0 bridgehead atoms. The van der Waals surface area contributed by atoms with Gasteiger partial charge in [-0.2, -0.15) is 0 Å². The molecular formula is C18H26N2O2. The third kappa shape index (κ3) is 3.68. The SMILES string of the molecule is C[C@@H]1CCCN1CC(=O)NC[C@H]1CCO[C@@H]1c1ccccc1. The number of ether oxygens (including phenoxy) is 1. The summed E-state index contributed by atoms with van der Waals surface area (Å²) in [6, 6.07) is 10.9. The Morgan fingerprint density at radius 1 is 1.32 bits per heavy atom. The highest BCUT2D eigenvalue weighted by atomic mass is 16.5. The molecule has 2 aliphatic rings. The van der Waals surface area contributed by atoms with Gasteiger partial charge in [0.2, 0.25) is 5.91 Å². The van der Waals surface area contributed by atoms with Gasteiger partial charge in [-0.25, -0.2) is 0 Å². The van der Waals surface area contributed by atoms with Crippen molar-refractivity contribution < 1.29 is 9.53 Å². The van der Waals surface area contributed by atoms with Crippen molar-refractivity contribution in [2.75, 3.05) is 26.2 Å². The zero-order valence-electron chi connectivity index (χ0n) is 13.3. The number of benzene rings is 1. The molecule has 2 saturated heterocycles. The lowest BCUT2D eigenvalue weighted by Gasteiger charge is -2.22. The Morgan fingerprint density at radius 3 is 2.86 bits per heavy atom. The lowest BCUT2D eigenvalue weighted by atomic mass is 9.95. The van der Waals surface area contributed by atoms with Gasteiger partial charge in [0, 0.05) is 25.1 Å². The number of amides is 1. The number of rotatable bonds is 5. The minimum absolute atomic E-state index is 0.118. The molecule has 2 aliphatic heterocycles. The Balaban J connectivity index is 1.49. The summed E-state index contributed by atoms with van der Waals surface area (Å²) in [6.45, 7) is 5.28. The molecule has 1 aromatic rings. The Kier molecular flexibility index (Phi) is 5.11. The van der Waals surface area contributed by atoms with Crippen LogP contribution >= 0.6 is 0 Å². The van der Waals surface area contributed by atoms with E-state index < -0.39 is 0 Å². The van der Waals surface area contributed by atoms with Crippen molar-refractivity contribution in [1.82, 2.24) is 10.2 Å². The van der Waals surface area contributed by atoms with Crippen molar-refractivity contribution in [2.45, 2.75) is 38.3 Å². The number of carbonyl (C=O) groups excluding carboxylic acids is 1. The first-order valence-electron chi connectivity index (χ1n) is 8.41. The second-order valence-corrected chi connectivity index (χ2v) is 6.52. The van der Waals surface area contributed by atoms with Gasteiger partial charge in [0.15, 0.2) is 0 Å². The highest BCUT2D eigenvalue weighted by Crippen LogP contribution is 2.33. The minimum Gasteiger partial charge on any atom is -0.373 e. The van der Waals surface area contributed by atoms with Gasteiger partial charge in [0.25, 0.3) is 0 Å². The first kappa shape index (κ1) is 15.5. The average Bonchev–Trinajstić information content (AvgIpc) is 3.16. The molecular weight excluding hydrogens is 276 g/mol. The van der Waals surface area contributed by atoms with E-state index >= 15 is 0 Å². The molecule has 120 valence electrons. The molecule has 2 heterocycles. The van der Waals surface area contributed by atoms with Crippen molar-refractivity contribution in [2.24, 2.45) is 5.92 Å². The zero-order valence-corrected chi connectivity index (χ0v) is 13.3. The van der Waals surface area contributed by atoms with E-state index in [0.717, 1.165) is 19.6 Å². The van der Waals surface area contributed by atoms with Crippen LogP contribution in [-0.4, -0.2) is 43.1 Å². The van der Waals surface area contributed by atoms with E-state index in [2.05, 4.69) is 29.3 Å². The lowest BCUT2D eigenvalue weighted by Crippen LogP contribution is -2.40. The fourth-order valence-electron chi connectivity index (χ4n) is 3.57. The van der Waals surface area contributed by atoms with Gasteiger partial charge >= 0.3 is 0 Å². The quantitative estimate of drug-likeness (QED) is 0.908. The van der Waals surface area contributed by atoms with E-state index in [1.54, 1.807) is 0 Å². The molecule has 2 fully saturated rings. The normalized spacial score (nSPS) is 28.9. The smallest absolute Gasteiger partial charge is 0.234 e. The topological polar surface area (TPSA) is 41.6 Å². The molecule has 3 rings (SSSR count). The first-order valence-corrected chi connectivity index (χ1v) is 8.41. The zero-order chi connectivity index (χ0) is 15.4. The van der Waals surface area contributed by atoms with Crippen LogP contribution < -0.4 is 5.32 Å². The fourth-order valence-corrected chi connectivity index (χ4v) is 3.57. The van der Waals surface area contributed by atoms with Crippen LogP contribution in [0.15, 0.2) is 30.3 Å². The molecule has 4 heteroatoms. The van der Waals surface area contributed by atoms with E-state index in [-0.39, 0.29) is 12.0 Å². The Hall–Kier alpha value is -1.39. The van der Waals surface area contributed by atoms with Crippen LogP contribution in [0.3, 0.4) is 0 Å². The van der Waals surface area contributed by atoms with Crippen molar-refractivity contribution in [3.63, 3.8) is 0 Å². The van der Waals surface area contributed by atoms with Crippen molar-refractivity contribution >= 4 is 5.91 Å². The van der Waals surface area contributed by atoms with E-state index in [1.807, 2.05) is 18.2 Å². The fraction of sp³-hybridized carbons (Fsp3) is 0.611. The van der Waals surface area contributed by atoms with Crippen LogP contribution in [0, 0.1) is 5.92 Å². The van der Waals surface area contributed by atoms with Crippen molar-refractivity contribution in [3.8, 4) is 0 Å². The van der Waals surface area contributed by atoms with Crippen molar-refractivity contribution in [1.29, 1.82) is 0 Å². The summed E-state index contributed by atoms with van der Waals surface area (Å²) in [6.07, 6.45) is 3.55. The predicted octanol–water partition coefficient (Wildman–Crippen LogP) is 2.36. The second kappa shape index (κ2) is 7.25. The Morgan fingerprint density at radius 2 is 2.14 bits per heavy atom. The summed E-state index contributed by atoms with van der Waals surface area (Å²) in [4.78, 5) is 14.4. The summed E-state index contributed by atoms with van der Waals surface area (Å²) >= 11 is 0. The van der Waals surface area contributed by atoms with Gasteiger partial charge in [-0.3, -0.25) is 9.69 Å². The minimum atomic E-state index is 0.118. The summed E-state index contributed by atoms with van der Waals surface area (Å²) in [5, 5.41) is 3.11. The summed E-state index contributed by atoms with van der Waals surface area (Å²) in [5.41, 5.74) is 1.22. The summed E-state index contributed by atoms with van der Waals surface area (Å²) < 4.78 is 5.87. The third-order valence-corrected chi connectivity index (χ3v) is 4.94. The number of hydrogen-bond donors (Lipinski definition) is 1. The van der Waals surface area contributed by atoms with Crippen molar-refractivity contribution in [3.05, 3.63) is 35.9 Å². The van der Waals surface area contributed by atoms with E-state index in [0.29, 0.717) is 25.0 Å². The molecule has 22 heavy (non-hydrogen) atoms.